The van der Waals surface area contributed by atoms with Crippen LogP contribution in [0.3, 0.4) is 0 Å². The SMILES string of the molecule is CC[C@@H](NC(=O)[C@@H](N)Cc1ccc(O)cc1)C(=O)NCC(=O)N[C@@H](Cc1ccccc1)C(=O)N[C@@H](CC(C)C)C(=O)NCC(=O)N(c1ccccc1)C1CCN(CCc2ccccc2)CC1. The standard InChI is InChI=1S/C51H66N8O7/c1-4-43(56-48(63)42(52)31-38-20-22-41(60)23-21-38)49(64)53-33-46(61)55-45(32-37-16-10-6-11-17-37)51(66)57-44(30-35(2)3)50(65)54-34-47(62)59(39-18-12-7-13-19-39)40-25-28-58(29-26-40)27-24-36-14-8-5-9-15-36/h5-23,35,40,42-45,60H,4,24-34,52H2,1-3H3,(H,53,64)(H,54,65)(H,55,61)(H,56,63)(H,57,66)/t42-,43+,44-,45-/m0/s1. The van der Waals surface area contributed by atoms with E-state index in [4.69, 9.17) is 5.73 Å². The van der Waals surface area contributed by atoms with Crippen LogP contribution in [0.25, 0.3) is 0 Å². The first-order valence-corrected chi connectivity index (χ1v) is 23.0. The van der Waals surface area contributed by atoms with Crippen molar-refractivity contribution in [3.63, 3.8) is 0 Å². The number of piperidine rings is 1. The monoisotopic (exact) mass is 903 g/mol. The lowest BCUT2D eigenvalue weighted by Crippen LogP contribution is -2.57. The zero-order valence-electron chi connectivity index (χ0n) is 38.3. The Kier molecular flexibility index (Phi) is 19.7. The third kappa shape index (κ3) is 16.1. The summed E-state index contributed by atoms with van der Waals surface area (Å²) in [5.74, 6) is -3.16. The summed E-state index contributed by atoms with van der Waals surface area (Å²) in [6, 6.07) is 31.0. The van der Waals surface area contributed by atoms with Gasteiger partial charge in [-0.05, 0) is 85.4 Å². The molecular weight excluding hydrogens is 837 g/mol. The number of amides is 6. The molecule has 4 aromatic carbocycles. The Hall–Kier alpha value is -6.58. The number of nitrogens with two attached hydrogens (primary N) is 1. The van der Waals surface area contributed by atoms with Crippen molar-refractivity contribution in [3.8, 4) is 5.75 Å². The molecule has 1 aliphatic rings. The zero-order valence-corrected chi connectivity index (χ0v) is 38.3. The fraction of sp³-hybridized carbons (Fsp3) is 0.412. The van der Waals surface area contributed by atoms with Gasteiger partial charge in [-0.3, -0.25) is 28.8 Å². The van der Waals surface area contributed by atoms with Crippen molar-refractivity contribution in [2.24, 2.45) is 11.7 Å². The average molecular weight is 903 g/mol. The van der Waals surface area contributed by atoms with Crippen LogP contribution in [0.4, 0.5) is 5.69 Å². The molecule has 1 fully saturated rings. The number of rotatable bonds is 23. The molecule has 0 saturated carbocycles. The normalized spacial score (nSPS) is 14.8. The van der Waals surface area contributed by atoms with Gasteiger partial charge in [0.25, 0.3) is 0 Å². The van der Waals surface area contributed by atoms with Crippen LogP contribution in [-0.4, -0.2) is 108 Å². The molecule has 0 bridgehead atoms. The van der Waals surface area contributed by atoms with E-state index < -0.39 is 60.2 Å². The second-order valence-corrected chi connectivity index (χ2v) is 17.3. The number of nitrogens with one attached hydrogen (secondary N) is 5. The van der Waals surface area contributed by atoms with E-state index in [-0.39, 0.29) is 55.8 Å². The van der Waals surface area contributed by atoms with Gasteiger partial charge in [0.2, 0.25) is 35.4 Å². The van der Waals surface area contributed by atoms with Crippen molar-refractivity contribution in [3.05, 3.63) is 132 Å². The van der Waals surface area contributed by atoms with Gasteiger partial charge in [-0.15, -0.1) is 0 Å². The molecule has 66 heavy (non-hydrogen) atoms. The number of benzene rings is 4. The molecule has 4 aromatic rings. The minimum atomic E-state index is -1.13. The van der Waals surface area contributed by atoms with Crippen LogP contribution in [0.2, 0.25) is 0 Å². The van der Waals surface area contributed by atoms with Crippen LogP contribution < -0.4 is 37.2 Å². The number of phenols is 1. The van der Waals surface area contributed by atoms with Crippen LogP contribution in [0.5, 0.6) is 5.75 Å². The van der Waals surface area contributed by atoms with Gasteiger partial charge in [0.15, 0.2) is 0 Å². The lowest BCUT2D eigenvalue weighted by atomic mass is 10.0. The summed E-state index contributed by atoms with van der Waals surface area (Å²) >= 11 is 0. The highest BCUT2D eigenvalue weighted by atomic mass is 16.3. The molecule has 0 radical (unpaired) electrons. The van der Waals surface area contributed by atoms with Gasteiger partial charge in [-0.25, -0.2) is 0 Å². The topological polar surface area (TPSA) is 215 Å². The number of carbonyl (C=O) groups is 6. The van der Waals surface area contributed by atoms with Gasteiger partial charge < -0.3 is 47.2 Å². The molecule has 15 nitrogen and oxygen atoms in total. The summed E-state index contributed by atoms with van der Waals surface area (Å²) in [6.07, 6.45) is 3.26. The van der Waals surface area contributed by atoms with Crippen LogP contribution >= 0.6 is 0 Å². The highest BCUT2D eigenvalue weighted by Crippen LogP contribution is 2.24. The van der Waals surface area contributed by atoms with Gasteiger partial charge in [0.1, 0.15) is 23.9 Å². The average Bonchev–Trinajstić information content (AvgIpc) is 3.32. The molecule has 5 rings (SSSR count). The first kappa shape index (κ1) is 50.4. The Labute approximate surface area is 388 Å². The minimum Gasteiger partial charge on any atom is -0.508 e. The third-order valence-corrected chi connectivity index (χ3v) is 11.7. The Balaban J connectivity index is 1.18. The van der Waals surface area contributed by atoms with Crippen molar-refractivity contribution in [1.82, 2.24) is 31.5 Å². The van der Waals surface area contributed by atoms with Crippen molar-refractivity contribution in [1.29, 1.82) is 0 Å². The second kappa shape index (κ2) is 25.8. The van der Waals surface area contributed by atoms with Crippen molar-refractivity contribution < 1.29 is 33.9 Å². The fourth-order valence-electron chi connectivity index (χ4n) is 8.03. The molecule has 8 N–H and O–H groups in total. The van der Waals surface area contributed by atoms with E-state index >= 15 is 0 Å². The Bertz CT molecular complexity index is 2170. The zero-order chi connectivity index (χ0) is 47.4. The number of hydrogen-bond donors (Lipinski definition) is 7. The summed E-state index contributed by atoms with van der Waals surface area (Å²) in [4.78, 5) is 85.6. The number of para-hydroxylation sites is 1. The van der Waals surface area contributed by atoms with Gasteiger partial charge in [-0.1, -0.05) is 112 Å². The molecular formula is C51H66N8O7. The summed E-state index contributed by atoms with van der Waals surface area (Å²) in [5, 5.41) is 23.1. The number of carbonyl (C=O) groups excluding carboxylic acids is 6. The van der Waals surface area contributed by atoms with Gasteiger partial charge in [-0.2, -0.15) is 0 Å². The van der Waals surface area contributed by atoms with E-state index in [1.807, 2.05) is 92.7 Å². The van der Waals surface area contributed by atoms with E-state index in [1.165, 1.54) is 17.7 Å². The second-order valence-electron chi connectivity index (χ2n) is 17.3. The van der Waals surface area contributed by atoms with Crippen molar-refractivity contribution in [2.45, 2.75) is 95.9 Å². The summed E-state index contributed by atoms with van der Waals surface area (Å²) in [7, 11) is 0. The number of hydrogen-bond acceptors (Lipinski definition) is 9. The Morgan fingerprint density at radius 2 is 1.20 bits per heavy atom. The molecule has 0 spiro atoms. The van der Waals surface area contributed by atoms with Crippen molar-refractivity contribution >= 4 is 41.1 Å². The highest BCUT2D eigenvalue weighted by Gasteiger charge is 2.32. The summed E-state index contributed by atoms with van der Waals surface area (Å²) < 4.78 is 0. The van der Waals surface area contributed by atoms with E-state index in [0.717, 1.165) is 55.7 Å². The van der Waals surface area contributed by atoms with Gasteiger partial charge in [0.05, 0.1) is 19.1 Å². The maximum atomic E-state index is 14.1. The molecule has 6 amide bonds. The Morgan fingerprint density at radius 3 is 1.80 bits per heavy atom. The molecule has 0 unspecified atom stereocenters. The fourth-order valence-corrected chi connectivity index (χ4v) is 8.03. The van der Waals surface area contributed by atoms with Crippen LogP contribution in [0.1, 0.15) is 63.1 Å². The maximum Gasteiger partial charge on any atom is 0.246 e. The number of likely N-dealkylation sites (tertiary alicyclic amines) is 1. The predicted molar refractivity (Wildman–Crippen MR) is 255 cm³/mol. The van der Waals surface area contributed by atoms with Gasteiger partial charge in [0, 0.05) is 37.8 Å². The third-order valence-electron chi connectivity index (χ3n) is 11.7. The number of phenolic OH excluding ortho intramolecular Hbond substituents is 1. The molecule has 1 heterocycles. The highest BCUT2D eigenvalue weighted by molar-refractivity contribution is 5.99. The smallest absolute Gasteiger partial charge is 0.246 e. The minimum absolute atomic E-state index is 0.0172. The first-order valence-electron chi connectivity index (χ1n) is 23.0. The van der Waals surface area contributed by atoms with Crippen LogP contribution in [0.15, 0.2) is 115 Å². The van der Waals surface area contributed by atoms with Crippen LogP contribution in [0, 0.1) is 5.92 Å². The Morgan fingerprint density at radius 1 is 0.652 bits per heavy atom. The molecule has 15 heteroatoms. The van der Waals surface area contributed by atoms with Crippen LogP contribution in [-0.2, 0) is 48.0 Å². The van der Waals surface area contributed by atoms with Gasteiger partial charge >= 0.3 is 0 Å². The first-order chi connectivity index (χ1) is 31.8. The van der Waals surface area contributed by atoms with E-state index in [1.54, 1.807) is 24.0 Å². The lowest BCUT2D eigenvalue weighted by molar-refractivity contribution is -0.133. The molecule has 0 aromatic heterocycles. The molecule has 1 aliphatic heterocycles. The quantitative estimate of drug-likeness (QED) is 0.0581. The van der Waals surface area contributed by atoms with E-state index in [2.05, 4.69) is 43.6 Å². The predicted octanol–water partition coefficient (Wildman–Crippen LogP) is 3.39. The molecule has 1 saturated heterocycles. The number of aromatic hydroxyl groups is 1. The van der Waals surface area contributed by atoms with Crippen molar-refractivity contribution in [2.75, 3.05) is 37.6 Å². The summed E-state index contributed by atoms with van der Waals surface area (Å²) in [6.45, 7) is 7.38. The summed E-state index contributed by atoms with van der Waals surface area (Å²) in [5.41, 5.74) is 9.62. The molecule has 352 valence electrons. The van der Waals surface area contributed by atoms with E-state index in [9.17, 15) is 33.9 Å². The maximum absolute atomic E-state index is 14.1. The lowest BCUT2D eigenvalue weighted by Gasteiger charge is -2.38. The largest absolute Gasteiger partial charge is 0.508 e. The number of anilines is 1. The number of nitrogens with zero attached hydrogens (tertiary/aromatic N) is 2. The van der Waals surface area contributed by atoms with E-state index in [0.29, 0.717) is 0 Å². The molecule has 0 aliphatic carbocycles. The molecule has 4 atom stereocenters.